The van der Waals surface area contributed by atoms with Crippen molar-refractivity contribution >= 4 is 23.4 Å². The lowest BCUT2D eigenvalue weighted by molar-refractivity contribution is -0.117. The van der Waals surface area contributed by atoms with E-state index < -0.39 is 0 Å². The Morgan fingerprint density at radius 2 is 2.00 bits per heavy atom. The summed E-state index contributed by atoms with van der Waals surface area (Å²) in [6.07, 6.45) is 0.469. The van der Waals surface area contributed by atoms with Crippen molar-refractivity contribution in [2.75, 3.05) is 25.5 Å². The van der Waals surface area contributed by atoms with Crippen molar-refractivity contribution in [2.24, 2.45) is 5.92 Å². The van der Waals surface area contributed by atoms with Gasteiger partial charge in [-0.3, -0.25) is 19.3 Å². The molecule has 6 heteroatoms. The van der Waals surface area contributed by atoms with Gasteiger partial charge in [0.15, 0.2) is 0 Å². The van der Waals surface area contributed by atoms with Crippen LogP contribution in [0, 0.1) is 5.92 Å². The van der Waals surface area contributed by atoms with Crippen molar-refractivity contribution in [1.82, 2.24) is 10.2 Å². The maximum absolute atomic E-state index is 11.9. The second kappa shape index (κ2) is 4.72. The summed E-state index contributed by atoms with van der Waals surface area (Å²) >= 11 is 0. The lowest BCUT2D eigenvalue weighted by Gasteiger charge is -2.26. The number of amides is 3. The Bertz CT molecular complexity index is 608. The normalized spacial score (nSPS) is 17.9. The SMILES string of the molecule is CN1C(=O)c2ccc(NC(=O)CC3CNC3)cc2C1=O. The predicted molar refractivity (Wildman–Crippen MR) is 72.5 cm³/mol. The van der Waals surface area contributed by atoms with Gasteiger partial charge in [0.1, 0.15) is 0 Å². The molecule has 1 aromatic rings. The third-order valence-electron chi connectivity index (χ3n) is 3.71. The summed E-state index contributed by atoms with van der Waals surface area (Å²) in [6, 6.07) is 4.80. The lowest BCUT2D eigenvalue weighted by atomic mass is 9.99. The quantitative estimate of drug-likeness (QED) is 0.784. The van der Waals surface area contributed by atoms with Crippen LogP contribution in [0.5, 0.6) is 0 Å². The van der Waals surface area contributed by atoms with Gasteiger partial charge >= 0.3 is 0 Å². The third kappa shape index (κ3) is 2.08. The summed E-state index contributed by atoms with van der Waals surface area (Å²) in [5.41, 5.74) is 1.29. The first kappa shape index (κ1) is 12.8. The summed E-state index contributed by atoms with van der Waals surface area (Å²) in [7, 11) is 1.45. The molecule has 20 heavy (non-hydrogen) atoms. The minimum Gasteiger partial charge on any atom is -0.326 e. The van der Waals surface area contributed by atoms with E-state index in [1.165, 1.54) is 7.05 Å². The highest BCUT2D eigenvalue weighted by molar-refractivity contribution is 6.21. The molecule has 3 amide bonds. The van der Waals surface area contributed by atoms with E-state index >= 15 is 0 Å². The fourth-order valence-corrected chi connectivity index (χ4v) is 2.41. The molecule has 0 aliphatic carbocycles. The van der Waals surface area contributed by atoms with Crippen molar-refractivity contribution in [3.8, 4) is 0 Å². The zero-order valence-corrected chi connectivity index (χ0v) is 11.1. The number of imide groups is 1. The minimum absolute atomic E-state index is 0.0680. The molecule has 2 aliphatic rings. The molecular formula is C14H15N3O3. The molecule has 6 nitrogen and oxygen atoms in total. The van der Waals surface area contributed by atoms with Gasteiger partial charge in [-0.15, -0.1) is 0 Å². The van der Waals surface area contributed by atoms with Gasteiger partial charge < -0.3 is 10.6 Å². The van der Waals surface area contributed by atoms with E-state index in [0.717, 1.165) is 18.0 Å². The molecule has 0 aromatic heterocycles. The van der Waals surface area contributed by atoms with Crippen LogP contribution in [0.25, 0.3) is 0 Å². The molecule has 1 saturated heterocycles. The summed E-state index contributed by atoms with van der Waals surface area (Å²) in [6.45, 7) is 1.74. The Morgan fingerprint density at radius 3 is 2.65 bits per heavy atom. The Morgan fingerprint density at radius 1 is 1.30 bits per heavy atom. The van der Waals surface area contributed by atoms with Crippen molar-refractivity contribution < 1.29 is 14.4 Å². The molecule has 0 saturated carbocycles. The number of hydrogen-bond acceptors (Lipinski definition) is 4. The molecule has 0 radical (unpaired) electrons. The Hall–Kier alpha value is -2.21. The largest absolute Gasteiger partial charge is 0.326 e. The zero-order chi connectivity index (χ0) is 14.3. The van der Waals surface area contributed by atoms with Gasteiger partial charge in [-0.05, 0) is 37.2 Å². The molecule has 0 bridgehead atoms. The number of hydrogen-bond donors (Lipinski definition) is 2. The molecule has 0 spiro atoms. The molecule has 1 aromatic carbocycles. The number of carbonyl (C=O) groups is 3. The first-order valence-electron chi connectivity index (χ1n) is 6.53. The zero-order valence-electron chi connectivity index (χ0n) is 11.1. The number of benzene rings is 1. The van der Waals surface area contributed by atoms with Crippen LogP contribution in [0.15, 0.2) is 18.2 Å². The van der Waals surface area contributed by atoms with Gasteiger partial charge in [-0.2, -0.15) is 0 Å². The van der Waals surface area contributed by atoms with Gasteiger partial charge in [0.2, 0.25) is 5.91 Å². The van der Waals surface area contributed by atoms with E-state index in [-0.39, 0.29) is 17.7 Å². The van der Waals surface area contributed by atoms with E-state index in [1.54, 1.807) is 18.2 Å². The van der Waals surface area contributed by atoms with Crippen LogP contribution in [-0.4, -0.2) is 42.8 Å². The van der Waals surface area contributed by atoms with Crippen LogP contribution in [0.3, 0.4) is 0 Å². The highest BCUT2D eigenvalue weighted by atomic mass is 16.2. The van der Waals surface area contributed by atoms with E-state index in [2.05, 4.69) is 10.6 Å². The first-order valence-corrected chi connectivity index (χ1v) is 6.53. The molecule has 3 rings (SSSR count). The minimum atomic E-state index is -0.329. The highest BCUT2D eigenvalue weighted by Gasteiger charge is 2.32. The van der Waals surface area contributed by atoms with Crippen molar-refractivity contribution in [2.45, 2.75) is 6.42 Å². The second-order valence-electron chi connectivity index (χ2n) is 5.21. The fourth-order valence-electron chi connectivity index (χ4n) is 2.41. The van der Waals surface area contributed by atoms with Crippen molar-refractivity contribution in [1.29, 1.82) is 0 Å². The Labute approximate surface area is 116 Å². The number of fused-ring (bicyclic) bond motifs is 1. The molecule has 0 unspecified atom stereocenters. The number of nitrogens with zero attached hydrogens (tertiary/aromatic N) is 1. The van der Waals surface area contributed by atoms with Crippen molar-refractivity contribution in [3.05, 3.63) is 29.3 Å². The number of anilines is 1. The van der Waals surface area contributed by atoms with E-state index in [1.807, 2.05) is 0 Å². The number of rotatable bonds is 3. The molecule has 2 aliphatic heterocycles. The molecule has 2 heterocycles. The van der Waals surface area contributed by atoms with Crippen LogP contribution in [0.4, 0.5) is 5.69 Å². The average Bonchev–Trinajstić information content (AvgIpc) is 2.59. The van der Waals surface area contributed by atoms with Gasteiger partial charge in [0.05, 0.1) is 11.1 Å². The summed E-state index contributed by atoms with van der Waals surface area (Å²) < 4.78 is 0. The van der Waals surface area contributed by atoms with Gasteiger partial charge in [0.25, 0.3) is 11.8 Å². The lowest BCUT2D eigenvalue weighted by Crippen LogP contribution is -2.43. The summed E-state index contributed by atoms with van der Waals surface area (Å²) in [5.74, 6) is -0.312. The molecule has 104 valence electrons. The molecule has 0 atom stereocenters. The monoisotopic (exact) mass is 273 g/mol. The Kier molecular flexibility index (Phi) is 3.02. The van der Waals surface area contributed by atoms with E-state index in [9.17, 15) is 14.4 Å². The predicted octanol–water partition coefficient (Wildman–Crippen LogP) is 0.460. The Balaban J connectivity index is 1.74. The second-order valence-corrected chi connectivity index (χ2v) is 5.21. The van der Waals surface area contributed by atoms with Crippen LogP contribution in [0.2, 0.25) is 0 Å². The third-order valence-corrected chi connectivity index (χ3v) is 3.71. The van der Waals surface area contributed by atoms with E-state index in [0.29, 0.717) is 29.2 Å². The number of carbonyl (C=O) groups excluding carboxylic acids is 3. The first-order chi connectivity index (χ1) is 9.56. The highest BCUT2D eigenvalue weighted by Crippen LogP contribution is 2.25. The summed E-state index contributed by atoms with van der Waals surface area (Å²) in [5, 5.41) is 5.88. The van der Waals surface area contributed by atoms with Crippen LogP contribution in [-0.2, 0) is 4.79 Å². The average molecular weight is 273 g/mol. The van der Waals surface area contributed by atoms with Gasteiger partial charge in [-0.25, -0.2) is 0 Å². The van der Waals surface area contributed by atoms with Crippen molar-refractivity contribution in [3.63, 3.8) is 0 Å². The maximum atomic E-state index is 11.9. The topological polar surface area (TPSA) is 78.5 Å². The maximum Gasteiger partial charge on any atom is 0.261 e. The van der Waals surface area contributed by atoms with Crippen LogP contribution >= 0.6 is 0 Å². The molecule has 2 N–H and O–H groups in total. The standard InChI is InChI=1S/C14H15N3O3/c1-17-13(19)10-3-2-9(5-11(10)14(17)20)16-12(18)4-8-6-15-7-8/h2-3,5,8,15H,4,6-7H2,1H3,(H,16,18). The number of nitrogens with one attached hydrogen (secondary N) is 2. The smallest absolute Gasteiger partial charge is 0.261 e. The fraction of sp³-hybridized carbons (Fsp3) is 0.357. The molecule has 1 fully saturated rings. The summed E-state index contributed by atoms with van der Waals surface area (Å²) in [4.78, 5) is 36.5. The van der Waals surface area contributed by atoms with Gasteiger partial charge in [0, 0.05) is 19.2 Å². The van der Waals surface area contributed by atoms with Crippen LogP contribution in [0.1, 0.15) is 27.1 Å². The van der Waals surface area contributed by atoms with Gasteiger partial charge in [-0.1, -0.05) is 0 Å². The van der Waals surface area contributed by atoms with Crippen LogP contribution < -0.4 is 10.6 Å². The molecular weight excluding hydrogens is 258 g/mol. The van der Waals surface area contributed by atoms with E-state index in [4.69, 9.17) is 0 Å².